The first-order valence-corrected chi connectivity index (χ1v) is 7.50. The molecule has 2 heteroatoms. The molecule has 0 aliphatic heterocycles. The van der Waals surface area contributed by atoms with Gasteiger partial charge in [0.2, 0.25) is 0 Å². The van der Waals surface area contributed by atoms with Crippen LogP contribution in [0.25, 0.3) is 10.8 Å². The maximum Gasteiger partial charge on any atom is 0.0578 e. The fourth-order valence-electron chi connectivity index (χ4n) is 2.66. The number of fused-ring (bicyclic) bond motifs is 1. The van der Waals surface area contributed by atoms with E-state index < -0.39 is 0 Å². The van der Waals surface area contributed by atoms with E-state index in [1.54, 1.807) is 0 Å². The topological polar surface area (TPSA) is 24.9 Å². The molecule has 0 radical (unpaired) electrons. The minimum atomic E-state index is 0.220. The molecule has 1 aromatic heterocycles. The molecule has 0 aliphatic rings. The second kappa shape index (κ2) is 6.51. The van der Waals surface area contributed by atoms with Crippen LogP contribution in [0.5, 0.6) is 0 Å². The highest BCUT2D eigenvalue weighted by Gasteiger charge is 2.13. The molecule has 0 spiro atoms. The van der Waals surface area contributed by atoms with Gasteiger partial charge < -0.3 is 5.32 Å². The van der Waals surface area contributed by atoms with Crippen LogP contribution < -0.4 is 5.32 Å². The van der Waals surface area contributed by atoms with E-state index >= 15 is 0 Å². The third-order valence-corrected chi connectivity index (χ3v) is 3.74. The summed E-state index contributed by atoms with van der Waals surface area (Å²) < 4.78 is 0. The van der Waals surface area contributed by atoms with E-state index in [4.69, 9.17) is 0 Å². The fraction of sp³-hybridized carbons (Fsp3) is 0.211. The van der Waals surface area contributed by atoms with Gasteiger partial charge in [0, 0.05) is 12.4 Å². The van der Waals surface area contributed by atoms with Crippen molar-refractivity contribution in [3.05, 3.63) is 78.1 Å². The molecule has 0 amide bonds. The number of nitrogens with zero attached hydrogens (tertiary/aromatic N) is 1. The summed E-state index contributed by atoms with van der Waals surface area (Å²) in [6.45, 7) is 3.19. The van der Waals surface area contributed by atoms with Crippen molar-refractivity contribution in [1.82, 2.24) is 10.3 Å². The van der Waals surface area contributed by atoms with Gasteiger partial charge in [-0.05, 0) is 53.1 Å². The molecule has 21 heavy (non-hydrogen) atoms. The van der Waals surface area contributed by atoms with E-state index in [2.05, 4.69) is 71.8 Å². The summed E-state index contributed by atoms with van der Waals surface area (Å²) in [7, 11) is 0. The van der Waals surface area contributed by atoms with Crippen LogP contribution in [0.4, 0.5) is 0 Å². The van der Waals surface area contributed by atoms with Gasteiger partial charge in [-0.1, -0.05) is 43.3 Å². The van der Waals surface area contributed by atoms with E-state index in [1.807, 2.05) is 12.4 Å². The highest BCUT2D eigenvalue weighted by molar-refractivity contribution is 5.83. The van der Waals surface area contributed by atoms with Crippen molar-refractivity contribution in [2.24, 2.45) is 0 Å². The Morgan fingerprint density at radius 2 is 1.67 bits per heavy atom. The lowest BCUT2D eigenvalue weighted by Gasteiger charge is -2.20. The Bertz CT molecular complexity index is 707. The van der Waals surface area contributed by atoms with Crippen LogP contribution in [0.1, 0.15) is 30.5 Å². The van der Waals surface area contributed by atoms with E-state index in [-0.39, 0.29) is 6.04 Å². The quantitative estimate of drug-likeness (QED) is 0.750. The van der Waals surface area contributed by atoms with Crippen LogP contribution in [0.3, 0.4) is 0 Å². The molecule has 0 saturated carbocycles. The Morgan fingerprint density at radius 3 is 2.43 bits per heavy atom. The summed E-state index contributed by atoms with van der Waals surface area (Å²) in [5.74, 6) is 0. The molecule has 1 N–H and O–H groups in total. The molecule has 0 fully saturated rings. The minimum Gasteiger partial charge on any atom is -0.306 e. The average molecular weight is 276 g/mol. The Balaban J connectivity index is 2.01. The van der Waals surface area contributed by atoms with Crippen molar-refractivity contribution >= 4 is 10.8 Å². The molecule has 2 aromatic carbocycles. The number of pyridine rings is 1. The van der Waals surface area contributed by atoms with Crippen molar-refractivity contribution in [3.63, 3.8) is 0 Å². The molecule has 0 bridgehead atoms. The molecular weight excluding hydrogens is 256 g/mol. The summed E-state index contributed by atoms with van der Waals surface area (Å²) in [4.78, 5) is 4.12. The molecule has 2 nitrogen and oxygen atoms in total. The maximum absolute atomic E-state index is 4.12. The van der Waals surface area contributed by atoms with Gasteiger partial charge in [-0.2, -0.15) is 0 Å². The van der Waals surface area contributed by atoms with Crippen molar-refractivity contribution in [3.8, 4) is 0 Å². The number of benzene rings is 2. The van der Waals surface area contributed by atoms with Gasteiger partial charge in [-0.15, -0.1) is 0 Å². The lowest BCUT2D eigenvalue weighted by Crippen LogP contribution is -2.23. The molecule has 3 rings (SSSR count). The maximum atomic E-state index is 4.12. The molecule has 0 aliphatic carbocycles. The standard InChI is InChI=1S/C19H20N2/c1-2-11-21-19(16-9-12-20-13-10-16)18-8-7-15-5-3-4-6-17(15)14-18/h3-10,12-14,19,21H,2,11H2,1H3. The van der Waals surface area contributed by atoms with Gasteiger partial charge in [0.25, 0.3) is 0 Å². The van der Waals surface area contributed by atoms with E-state index in [0.29, 0.717) is 0 Å². The molecule has 1 atom stereocenters. The first kappa shape index (κ1) is 13.8. The highest BCUT2D eigenvalue weighted by Crippen LogP contribution is 2.25. The average Bonchev–Trinajstić information content (AvgIpc) is 2.56. The van der Waals surface area contributed by atoms with Crippen molar-refractivity contribution in [2.45, 2.75) is 19.4 Å². The van der Waals surface area contributed by atoms with Crippen LogP contribution in [0.15, 0.2) is 67.0 Å². The number of rotatable bonds is 5. The second-order valence-electron chi connectivity index (χ2n) is 5.27. The summed E-state index contributed by atoms with van der Waals surface area (Å²) in [5.41, 5.74) is 2.56. The van der Waals surface area contributed by atoms with Crippen molar-refractivity contribution in [2.75, 3.05) is 6.54 Å². The smallest absolute Gasteiger partial charge is 0.0578 e. The number of nitrogens with one attached hydrogen (secondary N) is 1. The van der Waals surface area contributed by atoms with Crippen LogP contribution in [-0.2, 0) is 0 Å². The van der Waals surface area contributed by atoms with E-state index in [0.717, 1.165) is 13.0 Å². The third-order valence-electron chi connectivity index (χ3n) is 3.74. The first-order valence-electron chi connectivity index (χ1n) is 7.50. The molecule has 0 saturated heterocycles. The van der Waals surface area contributed by atoms with Crippen molar-refractivity contribution in [1.29, 1.82) is 0 Å². The van der Waals surface area contributed by atoms with Gasteiger partial charge in [-0.3, -0.25) is 4.98 Å². The van der Waals surface area contributed by atoms with Gasteiger partial charge in [0.05, 0.1) is 6.04 Å². The second-order valence-corrected chi connectivity index (χ2v) is 5.27. The highest BCUT2D eigenvalue weighted by atomic mass is 14.9. The predicted octanol–water partition coefficient (Wildman–Crippen LogP) is 4.32. The summed E-state index contributed by atoms with van der Waals surface area (Å²) in [5, 5.41) is 6.21. The first-order chi connectivity index (χ1) is 10.4. The fourth-order valence-corrected chi connectivity index (χ4v) is 2.66. The summed E-state index contributed by atoms with van der Waals surface area (Å²) in [6.07, 6.45) is 4.84. The zero-order chi connectivity index (χ0) is 14.5. The Morgan fingerprint density at radius 1 is 0.905 bits per heavy atom. The Labute approximate surface area is 125 Å². The molecule has 1 unspecified atom stereocenters. The van der Waals surface area contributed by atoms with Gasteiger partial charge in [0.1, 0.15) is 0 Å². The van der Waals surface area contributed by atoms with E-state index in [9.17, 15) is 0 Å². The monoisotopic (exact) mass is 276 g/mol. The molecule has 106 valence electrons. The predicted molar refractivity (Wildman–Crippen MR) is 88.3 cm³/mol. The lowest BCUT2D eigenvalue weighted by atomic mass is 9.97. The zero-order valence-corrected chi connectivity index (χ0v) is 12.3. The Hall–Kier alpha value is -2.19. The van der Waals surface area contributed by atoms with E-state index in [1.165, 1.54) is 21.9 Å². The number of aromatic nitrogens is 1. The normalized spacial score (nSPS) is 12.4. The van der Waals surface area contributed by atoms with Crippen LogP contribution in [0.2, 0.25) is 0 Å². The number of hydrogen-bond acceptors (Lipinski definition) is 2. The van der Waals surface area contributed by atoms with Crippen molar-refractivity contribution < 1.29 is 0 Å². The summed E-state index contributed by atoms with van der Waals surface area (Å²) >= 11 is 0. The van der Waals surface area contributed by atoms with Gasteiger partial charge in [0.15, 0.2) is 0 Å². The lowest BCUT2D eigenvalue weighted by molar-refractivity contribution is 0.598. The molecular formula is C19H20N2. The Kier molecular flexibility index (Phi) is 4.27. The number of hydrogen-bond donors (Lipinski definition) is 1. The van der Waals surface area contributed by atoms with Gasteiger partial charge >= 0.3 is 0 Å². The SMILES string of the molecule is CCCNC(c1ccncc1)c1ccc2ccccc2c1. The largest absolute Gasteiger partial charge is 0.306 e. The zero-order valence-electron chi connectivity index (χ0n) is 12.3. The van der Waals surface area contributed by atoms with Crippen LogP contribution in [0, 0.1) is 0 Å². The van der Waals surface area contributed by atoms with Crippen LogP contribution >= 0.6 is 0 Å². The van der Waals surface area contributed by atoms with Crippen LogP contribution in [-0.4, -0.2) is 11.5 Å². The third kappa shape index (κ3) is 3.11. The minimum absolute atomic E-state index is 0.220. The summed E-state index contributed by atoms with van der Waals surface area (Å²) in [6, 6.07) is 19.6. The molecule has 1 heterocycles. The molecule has 3 aromatic rings. The van der Waals surface area contributed by atoms with Gasteiger partial charge in [-0.25, -0.2) is 0 Å².